The summed E-state index contributed by atoms with van der Waals surface area (Å²) < 4.78 is 18.2. The number of anilines is 1. The van der Waals surface area contributed by atoms with E-state index in [1.54, 1.807) is 49.6 Å². The van der Waals surface area contributed by atoms with Gasteiger partial charge in [0, 0.05) is 10.0 Å². The summed E-state index contributed by atoms with van der Waals surface area (Å²) in [6, 6.07) is 16.7. The van der Waals surface area contributed by atoms with Crippen LogP contribution in [-0.2, 0) is 9.59 Å². The first-order valence-corrected chi connectivity index (χ1v) is 13.0. The van der Waals surface area contributed by atoms with E-state index in [9.17, 15) is 14.7 Å². The van der Waals surface area contributed by atoms with Gasteiger partial charge in [-0.25, -0.2) is 4.98 Å². The highest BCUT2D eigenvalue weighted by atomic mass is 79.9. The highest BCUT2D eigenvalue weighted by molar-refractivity contribution is 9.10. The molecule has 1 amide bonds. The molecule has 2 aliphatic heterocycles. The topological polar surface area (TPSA) is 98.2 Å². The van der Waals surface area contributed by atoms with Crippen LogP contribution in [0, 0.1) is 0 Å². The Kier molecular flexibility index (Phi) is 5.85. The summed E-state index contributed by atoms with van der Waals surface area (Å²) in [5.74, 6) is -0.182. The Balaban J connectivity index is 1.52. The molecule has 0 radical (unpaired) electrons. The molecule has 1 atom stereocenters. The number of amides is 1. The number of aromatic nitrogens is 1. The van der Waals surface area contributed by atoms with E-state index in [1.807, 2.05) is 18.2 Å². The summed E-state index contributed by atoms with van der Waals surface area (Å²) in [7, 11) is 1.58. The first-order valence-electron chi connectivity index (χ1n) is 11.4. The maximum absolute atomic E-state index is 13.5. The molecule has 3 aromatic carbocycles. The number of nitrogens with zero attached hydrogens (tertiary/aromatic N) is 2. The minimum atomic E-state index is -0.885. The highest BCUT2D eigenvalue weighted by Crippen LogP contribution is 2.45. The van der Waals surface area contributed by atoms with Crippen LogP contribution in [-0.4, -0.2) is 42.1 Å². The van der Waals surface area contributed by atoms with E-state index >= 15 is 0 Å². The third-order valence-electron chi connectivity index (χ3n) is 6.24. The van der Waals surface area contributed by atoms with Crippen molar-refractivity contribution in [2.24, 2.45) is 0 Å². The molecule has 4 aromatic rings. The number of carbonyl (C=O) groups excluding carboxylic acids is 2. The quantitative estimate of drug-likeness (QED) is 0.195. The van der Waals surface area contributed by atoms with Gasteiger partial charge in [-0.1, -0.05) is 39.4 Å². The number of rotatable bonds is 4. The van der Waals surface area contributed by atoms with Gasteiger partial charge in [-0.3, -0.25) is 14.5 Å². The molecule has 0 unspecified atom stereocenters. The van der Waals surface area contributed by atoms with Gasteiger partial charge in [-0.2, -0.15) is 0 Å². The van der Waals surface area contributed by atoms with Crippen molar-refractivity contribution in [2.75, 3.05) is 25.2 Å². The van der Waals surface area contributed by atoms with Crippen molar-refractivity contribution in [1.82, 2.24) is 4.98 Å². The maximum Gasteiger partial charge on any atom is 0.301 e. The second-order valence-electron chi connectivity index (χ2n) is 8.41. The van der Waals surface area contributed by atoms with Gasteiger partial charge in [0.1, 0.15) is 24.7 Å². The number of ketones is 1. The average molecular weight is 579 g/mol. The summed E-state index contributed by atoms with van der Waals surface area (Å²) in [6.07, 6.45) is 0. The largest absolute Gasteiger partial charge is 0.507 e. The van der Waals surface area contributed by atoms with E-state index < -0.39 is 17.7 Å². The van der Waals surface area contributed by atoms with Crippen molar-refractivity contribution in [3.05, 3.63) is 81.8 Å². The summed E-state index contributed by atoms with van der Waals surface area (Å²) in [6.45, 7) is 0.809. The third-order valence-corrected chi connectivity index (χ3v) is 7.78. The molecule has 8 nitrogen and oxygen atoms in total. The van der Waals surface area contributed by atoms with Crippen LogP contribution in [0.3, 0.4) is 0 Å². The number of Topliss-reactive ketones (excluding diaryl/α,β-unsaturated/α-hetero) is 1. The van der Waals surface area contributed by atoms with Crippen molar-refractivity contribution in [2.45, 2.75) is 6.04 Å². The van der Waals surface area contributed by atoms with E-state index in [0.717, 1.165) is 9.17 Å². The number of carbonyl (C=O) groups is 2. The van der Waals surface area contributed by atoms with Crippen LogP contribution in [0.25, 0.3) is 16.0 Å². The van der Waals surface area contributed by atoms with Crippen LogP contribution >= 0.6 is 27.3 Å². The zero-order valence-electron chi connectivity index (χ0n) is 19.4. The molecular formula is C27H19BrN2O6S. The molecule has 3 heterocycles. The molecular weight excluding hydrogens is 560 g/mol. The summed E-state index contributed by atoms with van der Waals surface area (Å²) in [4.78, 5) is 32.9. The molecule has 0 bridgehead atoms. The SMILES string of the molecule is COc1ccc2nc(N3C(=O)C(=O)/C(=C(/O)c4ccc5c(c4)OCCO5)[C@H]3c3ccc(Br)cc3)sc2c1. The molecule has 0 saturated carbocycles. The van der Waals surface area contributed by atoms with Crippen molar-refractivity contribution in [1.29, 1.82) is 0 Å². The average Bonchev–Trinajstić information content (AvgIpc) is 3.46. The van der Waals surface area contributed by atoms with E-state index in [4.69, 9.17) is 14.2 Å². The minimum Gasteiger partial charge on any atom is -0.507 e. The summed E-state index contributed by atoms with van der Waals surface area (Å²) in [5.41, 5.74) is 1.64. The molecule has 2 aliphatic rings. The Morgan fingerprint density at radius 2 is 1.81 bits per heavy atom. The molecule has 0 spiro atoms. The number of halogens is 1. The van der Waals surface area contributed by atoms with Gasteiger partial charge in [0.2, 0.25) is 0 Å². The van der Waals surface area contributed by atoms with Gasteiger partial charge >= 0.3 is 5.91 Å². The van der Waals surface area contributed by atoms with Crippen LogP contribution < -0.4 is 19.1 Å². The van der Waals surface area contributed by atoms with Crippen LogP contribution in [0.4, 0.5) is 5.13 Å². The molecule has 0 aliphatic carbocycles. The number of benzene rings is 3. The van der Waals surface area contributed by atoms with Gasteiger partial charge in [0.15, 0.2) is 16.6 Å². The molecule has 10 heteroatoms. The van der Waals surface area contributed by atoms with Crippen LogP contribution in [0.15, 0.2) is 70.7 Å². The molecule has 186 valence electrons. The van der Waals surface area contributed by atoms with Gasteiger partial charge in [0.25, 0.3) is 5.78 Å². The molecule has 1 saturated heterocycles. The van der Waals surface area contributed by atoms with Crippen LogP contribution in [0.5, 0.6) is 17.2 Å². The fourth-order valence-corrected chi connectivity index (χ4v) is 5.74. The number of aliphatic hydroxyl groups is 1. The Hall–Kier alpha value is -3.89. The van der Waals surface area contributed by atoms with E-state index in [0.29, 0.717) is 52.2 Å². The number of thiazole rings is 1. The lowest BCUT2D eigenvalue weighted by atomic mass is 9.95. The highest BCUT2D eigenvalue weighted by Gasteiger charge is 2.48. The van der Waals surface area contributed by atoms with Gasteiger partial charge in [-0.15, -0.1) is 0 Å². The summed E-state index contributed by atoms with van der Waals surface area (Å²) in [5, 5.41) is 11.8. The second-order valence-corrected chi connectivity index (χ2v) is 10.3. The lowest BCUT2D eigenvalue weighted by Gasteiger charge is -2.23. The molecule has 37 heavy (non-hydrogen) atoms. The number of hydrogen-bond donors (Lipinski definition) is 1. The lowest BCUT2D eigenvalue weighted by Crippen LogP contribution is -2.29. The monoisotopic (exact) mass is 578 g/mol. The second kappa shape index (κ2) is 9.20. The molecule has 1 fully saturated rings. The third kappa shape index (κ3) is 4.02. The Morgan fingerprint density at radius 3 is 2.57 bits per heavy atom. The van der Waals surface area contributed by atoms with Gasteiger partial charge < -0.3 is 19.3 Å². The van der Waals surface area contributed by atoms with E-state index in [2.05, 4.69) is 20.9 Å². The normalized spacial score (nSPS) is 18.4. The lowest BCUT2D eigenvalue weighted by molar-refractivity contribution is -0.132. The van der Waals surface area contributed by atoms with Crippen molar-refractivity contribution >= 4 is 60.1 Å². The van der Waals surface area contributed by atoms with E-state index in [1.165, 1.54) is 16.2 Å². The molecule has 1 N–H and O–H groups in total. The Labute approximate surface area is 223 Å². The predicted octanol–water partition coefficient (Wildman–Crippen LogP) is 5.46. The van der Waals surface area contributed by atoms with Crippen LogP contribution in [0.1, 0.15) is 17.2 Å². The number of hydrogen-bond acceptors (Lipinski definition) is 8. The minimum absolute atomic E-state index is 0.0270. The number of ether oxygens (including phenoxy) is 3. The predicted molar refractivity (Wildman–Crippen MR) is 143 cm³/mol. The number of methoxy groups -OCH3 is 1. The number of fused-ring (bicyclic) bond motifs is 2. The first kappa shape index (κ1) is 23.5. The zero-order valence-corrected chi connectivity index (χ0v) is 21.8. The standard InChI is InChI=1S/C27H19BrN2O6S/c1-34-17-7-8-18-21(13-17)37-27(29-18)30-23(14-2-5-16(28)6-3-14)22(25(32)26(30)33)24(31)15-4-9-19-20(12-15)36-11-10-35-19/h2-9,12-13,23,31H,10-11H2,1H3/b24-22+/t23-/m1/s1. The maximum atomic E-state index is 13.5. The molecule has 1 aromatic heterocycles. The Bertz CT molecular complexity index is 1600. The smallest absolute Gasteiger partial charge is 0.301 e. The zero-order chi connectivity index (χ0) is 25.7. The van der Waals surface area contributed by atoms with Crippen molar-refractivity contribution < 1.29 is 28.9 Å². The van der Waals surface area contributed by atoms with Gasteiger partial charge in [0.05, 0.1) is 28.9 Å². The van der Waals surface area contributed by atoms with Crippen molar-refractivity contribution in [3.63, 3.8) is 0 Å². The Morgan fingerprint density at radius 1 is 1.05 bits per heavy atom. The number of aliphatic hydroxyl groups excluding tert-OH is 1. The van der Waals surface area contributed by atoms with E-state index in [-0.39, 0.29) is 11.3 Å². The van der Waals surface area contributed by atoms with Crippen molar-refractivity contribution in [3.8, 4) is 17.2 Å². The fourth-order valence-electron chi connectivity index (χ4n) is 4.46. The summed E-state index contributed by atoms with van der Waals surface area (Å²) >= 11 is 4.70. The van der Waals surface area contributed by atoms with Gasteiger partial charge in [-0.05, 0) is 54.1 Å². The first-order chi connectivity index (χ1) is 17.9. The molecule has 6 rings (SSSR count). The fraction of sp³-hybridized carbons (Fsp3) is 0.148. The van der Waals surface area contributed by atoms with Crippen LogP contribution in [0.2, 0.25) is 0 Å².